The standard InChI is InChI=1S/C22H29F3N4S/c23-22(24,25)11-17-10-18-19(26-15-27-20(18)30-17)29-9-7-21(14-29)6-8-28(13-21)12-16-4-2-1-3-5-16/h10,15-16H,1-9,11-14H2. The van der Waals surface area contributed by atoms with Crippen LogP contribution in [0.1, 0.15) is 49.8 Å². The zero-order chi connectivity index (χ0) is 20.8. The highest BCUT2D eigenvalue weighted by Gasteiger charge is 2.44. The van der Waals surface area contributed by atoms with Gasteiger partial charge in [-0.05, 0) is 44.2 Å². The number of thiophene rings is 1. The quantitative estimate of drug-likeness (QED) is 0.650. The van der Waals surface area contributed by atoms with Crippen LogP contribution in [-0.2, 0) is 6.42 Å². The van der Waals surface area contributed by atoms with Crippen molar-refractivity contribution in [1.29, 1.82) is 0 Å². The van der Waals surface area contributed by atoms with E-state index >= 15 is 0 Å². The van der Waals surface area contributed by atoms with Crippen molar-refractivity contribution in [2.24, 2.45) is 11.3 Å². The molecule has 1 spiro atoms. The average molecular weight is 439 g/mol. The Morgan fingerprint density at radius 3 is 2.67 bits per heavy atom. The average Bonchev–Trinajstić information content (AvgIpc) is 3.40. The molecule has 8 heteroatoms. The second-order valence-corrected chi connectivity index (χ2v) is 10.7. The minimum atomic E-state index is -4.20. The maximum Gasteiger partial charge on any atom is 0.393 e. The van der Waals surface area contributed by atoms with Crippen molar-refractivity contribution in [3.63, 3.8) is 0 Å². The molecule has 0 aromatic carbocycles. The van der Waals surface area contributed by atoms with Gasteiger partial charge in [0.25, 0.3) is 0 Å². The third-order valence-electron chi connectivity index (χ3n) is 7.23. The SMILES string of the molecule is FC(F)(F)Cc1cc2c(N3CCC4(CCN(CC5CCCCC5)C4)C3)ncnc2s1. The molecule has 30 heavy (non-hydrogen) atoms. The van der Waals surface area contributed by atoms with Crippen molar-refractivity contribution in [3.05, 3.63) is 17.3 Å². The van der Waals surface area contributed by atoms with Gasteiger partial charge in [-0.3, -0.25) is 0 Å². The lowest BCUT2D eigenvalue weighted by Crippen LogP contribution is -2.33. The van der Waals surface area contributed by atoms with Gasteiger partial charge >= 0.3 is 6.18 Å². The van der Waals surface area contributed by atoms with Crippen molar-refractivity contribution in [3.8, 4) is 0 Å². The van der Waals surface area contributed by atoms with Crippen LogP contribution in [-0.4, -0.2) is 53.8 Å². The molecule has 164 valence electrons. The second kappa shape index (κ2) is 7.93. The van der Waals surface area contributed by atoms with Crippen LogP contribution >= 0.6 is 11.3 Å². The zero-order valence-corrected chi connectivity index (χ0v) is 18.1. The Morgan fingerprint density at radius 1 is 1.07 bits per heavy atom. The maximum absolute atomic E-state index is 12.8. The first kappa shape index (κ1) is 20.5. The first-order valence-electron chi connectivity index (χ1n) is 11.2. The summed E-state index contributed by atoms with van der Waals surface area (Å²) in [7, 11) is 0. The van der Waals surface area contributed by atoms with Crippen LogP contribution in [0.15, 0.2) is 12.4 Å². The number of aromatic nitrogens is 2. The summed E-state index contributed by atoms with van der Waals surface area (Å²) in [5.74, 6) is 1.68. The zero-order valence-electron chi connectivity index (χ0n) is 17.3. The Morgan fingerprint density at radius 2 is 1.87 bits per heavy atom. The van der Waals surface area contributed by atoms with E-state index < -0.39 is 12.6 Å². The van der Waals surface area contributed by atoms with Gasteiger partial charge < -0.3 is 9.80 Å². The fraction of sp³-hybridized carbons (Fsp3) is 0.727. The molecule has 2 saturated heterocycles. The number of hydrogen-bond acceptors (Lipinski definition) is 5. The fourth-order valence-corrected chi connectivity index (χ4v) is 6.82. The van der Waals surface area contributed by atoms with E-state index in [-0.39, 0.29) is 0 Å². The lowest BCUT2D eigenvalue weighted by Gasteiger charge is -2.29. The number of hydrogen-bond donors (Lipinski definition) is 0. The van der Waals surface area contributed by atoms with Crippen LogP contribution in [0, 0.1) is 11.3 Å². The van der Waals surface area contributed by atoms with Crippen molar-refractivity contribution >= 4 is 27.4 Å². The lowest BCUT2D eigenvalue weighted by atomic mass is 9.86. The van der Waals surface area contributed by atoms with Gasteiger partial charge in [0.1, 0.15) is 17.0 Å². The van der Waals surface area contributed by atoms with Crippen LogP contribution in [0.25, 0.3) is 10.2 Å². The van der Waals surface area contributed by atoms with E-state index in [1.165, 1.54) is 57.9 Å². The summed E-state index contributed by atoms with van der Waals surface area (Å²) in [6.45, 7) is 5.44. The Labute approximate surface area is 179 Å². The highest BCUT2D eigenvalue weighted by atomic mass is 32.1. The van der Waals surface area contributed by atoms with E-state index in [0.717, 1.165) is 54.5 Å². The number of anilines is 1. The molecule has 1 atom stereocenters. The first-order valence-corrected chi connectivity index (χ1v) is 12.0. The van der Waals surface area contributed by atoms with E-state index in [0.29, 0.717) is 15.1 Å². The second-order valence-electron chi connectivity index (χ2n) is 9.58. The number of nitrogens with zero attached hydrogens (tertiary/aromatic N) is 4. The number of fused-ring (bicyclic) bond motifs is 1. The Kier molecular flexibility index (Phi) is 5.42. The normalized spacial score (nSPS) is 26.4. The van der Waals surface area contributed by atoms with E-state index in [1.54, 1.807) is 6.07 Å². The van der Waals surface area contributed by atoms with Gasteiger partial charge in [-0.15, -0.1) is 11.3 Å². The number of halogens is 3. The first-order chi connectivity index (χ1) is 14.4. The monoisotopic (exact) mass is 438 g/mol. The van der Waals surface area contributed by atoms with Gasteiger partial charge in [-0.2, -0.15) is 13.2 Å². The van der Waals surface area contributed by atoms with Crippen LogP contribution in [0.5, 0.6) is 0 Å². The van der Waals surface area contributed by atoms with E-state index in [4.69, 9.17) is 0 Å². The van der Waals surface area contributed by atoms with Gasteiger partial charge in [0, 0.05) is 36.5 Å². The molecule has 3 fully saturated rings. The van der Waals surface area contributed by atoms with Crippen molar-refractivity contribution in [2.75, 3.05) is 37.6 Å². The molecule has 1 aliphatic carbocycles. The van der Waals surface area contributed by atoms with Crippen molar-refractivity contribution in [2.45, 2.75) is 57.5 Å². The molecule has 0 N–H and O–H groups in total. The minimum absolute atomic E-state index is 0.302. The Balaban J connectivity index is 1.28. The number of rotatable bonds is 4. The molecule has 0 amide bonds. The molecular weight excluding hydrogens is 409 g/mol. The summed E-state index contributed by atoms with van der Waals surface area (Å²) >= 11 is 1.13. The maximum atomic E-state index is 12.8. The third kappa shape index (κ3) is 4.31. The summed E-state index contributed by atoms with van der Waals surface area (Å²) in [4.78, 5) is 14.7. The summed E-state index contributed by atoms with van der Waals surface area (Å²) in [5, 5.41) is 0.774. The lowest BCUT2D eigenvalue weighted by molar-refractivity contribution is -0.126. The van der Waals surface area contributed by atoms with Gasteiger partial charge in [-0.25, -0.2) is 9.97 Å². The molecule has 4 nitrogen and oxygen atoms in total. The summed E-state index contributed by atoms with van der Waals surface area (Å²) in [6.07, 6.45) is 5.70. The molecule has 5 rings (SSSR count). The van der Waals surface area contributed by atoms with E-state index in [9.17, 15) is 13.2 Å². The van der Waals surface area contributed by atoms with Crippen LogP contribution in [0.2, 0.25) is 0 Å². The van der Waals surface area contributed by atoms with E-state index in [1.807, 2.05) is 0 Å². The molecule has 2 aromatic rings. The van der Waals surface area contributed by atoms with Crippen molar-refractivity contribution < 1.29 is 13.2 Å². The summed E-state index contributed by atoms with van der Waals surface area (Å²) in [6, 6.07) is 1.65. The molecule has 4 heterocycles. The molecule has 3 aliphatic rings. The van der Waals surface area contributed by atoms with Crippen molar-refractivity contribution in [1.82, 2.24) is 14.9 Å². The highest BCUT2D eigenvalue weighted by Crippen LogP contribution is 2.43. The summed E-state index contributed by atoms with van der Waals surface area (Å²) in [5.41, 5.74) is 0.302. The third-order valence-corrected chi connectivity index (χ3v) is 8.27. The molecule has 1 saturated carbocycles. The van der Waals surface area contributed by atoms with Crippen LogP contribution < -0.4 is 4.90 Å². The molecule has 0 radical (unpaired) electrons. The minimum Gasteiger partial charge on any atom is -0.355 e. The fourth-order valence-electron chi connectivity index (χ4n) is 5.80. The predicted octanol–water partition coefficient (Wildman–Crippen LogP) is 5.28. The van der Waals surface area contributed by atoms with Gasteiger partial charge in [0.2, 0.25) is 0 Å². The molecular formula is C22H29F3N4S. The van der Waals surface area contributed by atoms with Gasteiger partial charge in [0.15, 0.2) is 0 Å². The Bertz CT molecular complexity index is 892. The Hall–Kier alpha value is -1.41. The predicted molar refractivity (Wildman–Crippen MR) is 114 cm³/mol. The van der Waals surface area contributed by atoms with Gasteiger partial charge in [-0.1, -0.05) is 19.3 Å². The largest absolute Gasteiger partial charge is 0.393 e. The molecule has 0 bridgehead atoms. The number of likely N-dealkylation sites (tertiary alicyclic amines) is 1. The van der Waals surface area contributed by atoms with Crippen LogP contribution in [0.4, 0.5) is 19.0 Å². The smallest absolute Gasteiger partial charge is 0.355 e. The molecule has 1 unspecified atom stereocenters. The topological polar surface area (TPSA) is 32.3 Å². The van der Waals surface area contributed by atoms with E-state index in [2.05, 4.69) is 19.8 Å². The molecule has 2 aromatic heterocycles. The molecule has 2 aliphatic heterocycles. The van der Waals surface area contributed by atoms with Gasteiger partial charge in [0.05, 0.1) is 11.8 Å². The van der Waals surface area contributed by atoms with Crippen LogP contribution in [0.3, 0.4) is 0 Å². The summed E-state index contributed by atoms with van der Waals surface area (Å²) < 4.78 is 38.5. The highest BCUT2D eigenvalue weighted by molar-refractivity contribution is 7.18. The number of alkyl halides is 3.